The highest BCUT2D eigenvalue weighted by Gasteiger charge is 2.24. The highest BCUT2D eigenvalue weighted by atomic mass is 15.1. The maximum absolute atomic E-state index is 5.67. The van der Waals surface area contributed by atoms with Gasteiger partial charge in [-0.15, -0.1) is 0 Å². The van der Waals surface area contributed by atoms with E-state index in [0.29, 0.717) is 12.0 Å². The molecule has 2 nitrogen and oxygen atoms in total. The van der Waals surface area contributed by atoms with Crippen molar-refractivity contribution in [3.05, 3.63) is 36.2 Å². The molecule has 58 valence electrons. The largest absolute Gasteiger partial charge is 0.399 e. The maximum Gasteiger partial charge on any atom is 0.0584 e. The molecule has 0 radical (unpaired) electrons. The Morgan fingerprint density at radius 2 is 2.27 bits per heavy atom. The minimum absolute atomic E-state index is 0.458. The van der Waals surface area contributed by atoms with Gasteiger partial charge in [-0.3, -0.25) is 0 Å². The topological polar surface area (TPSA) is 29.3 Å². The van der Waals surface area contributed by atoms with Gasteiger partial charge in [0.2, 0.25) is 0 Å². The molecular formula is C9H12N2. The van der Waals surface area contributed by atoms with Gasteiger partial charge in [0.05, 0.1) is 6.04 Å². The molecule has 1 aliphatic carbocycles. The number of hydrogen-bond donors (Lipinski definition) is 1. The van der Waals surface area contributed by atoms with E-state index in [1.54, 1.807) is 0 Å². The van der Waals surface area contributed by atoms with E-state index in [2.05, 4.69) is 36.4 Å². The third kappa shape index (κ3) is 0.946. The second-order valence-corrected chi connectivity index (χ2v) is 3.10. The molecule has 2 heteroatoms. The maximum atomic E-state index is 5.67. The van der Waals surface area contributed by atoms with E-state index >= 15 is 0 Å². The lowest BCUT2D eigenvalue weighted by molar-refractivity contribution is 0.379. The number of likely N-dealkylation sites (N-methyl/N-ethyl adjacent to an activating group) is 1. The Balaban J connectivity index is 2.27. The molecule has 0 aromatic carbocycles. The first-order valence-corrected chi connectivity index (χ1v) is 3.83. The molecule has 2 unspecified atom stereocenters. The first kappa shape index (κ1) is 6.53. The Hall–Kier alpha value is -1.18. The minimum atomic E-state index is 0.458. The van der Waals surface area contributed by atoms with Crippen LogP contribution in [0.15, 0.2) is 36.2 Å². The zero-order valence-electron chi connectivity index (χ0n) is 6.57. The Kier molecular flexibility index (Phi) is 1.28. The average Bonchev–Trinajstić information content (AvgIpc) is 2.33. The summed E-state index contributed by atoms with van der Waals surface area (Å²) in [6, 6.07) is 0.458. The molecule has 0 aromatic rings. The summed E-state index contributed by atoms with van der Waals surface area (Å²) >= 11 is 0. The van der Waals surface area contributed by atoms with E-state index < -0.39 is 0 Å². The third-order valence-electron chi connectivity index (χ3n) is 2.28. The standard InChI is InChI=1S/C9H12N2/c1-11-5-4-7-2-3-8(10)6-9(7)11/h2-7,9H,10H2,1H3. The lowest BCUT2D eigenvalue weighted by Crippen LogP contribution is -2.28. The summed E-state index contributed by atoms with van der Waals surface area (Å²) in [4.78, 5) is 2.18. The van der Waals surface area contributed by atoms with Crippen molar-refractivity contribution < 1.29 is 0 Å². The predicted octanol–water partition coefficient (Wildman–Crippen LogP) is 0.843. The molecule has 2 aliphatic rings. The van der Waals surface area contributed by atoms with Crippen molar-refractivity contribution in [2.45, 2.75) is 6.04 Å². The Labute approximate surface area is 66.7 Å². The normalized spacial score (nSPS) is 33.9. The zero-order valence-corrected chi connectivity index (χ0v) is 6.57. The number of nitrogens with zero attached hydrogens (tertiary/aromatic N) is 1. The second-order valence-electron chi connectivity index (χ2n) is 3.10. The highest BCUT2D eigenvalue weighted by Crippen LogP contribution is 2.25. The summed E-state index contributed by atoms with van der Waals surface area (Å²) in [5, 5.41) is 0. The van der Waals surface area contributed by atoms with Crippen LogP contribution in [0.3, 0.4) is 0 Å². The van der Waals surface area contributed by atoms with Crippen molar-refractivity contribution in [2.24, 2.45) is 11.7 Å². The van der Waals surface area contributed by atoms with E-state index in [4.69, 9.17) is 5.73 Å². The highest BCUT2D eigenvalue weighted by molar-refractivity contribution is 5.30. The Morgan fingerprint density at radius 3 is 3.09 bits per heavy atom. The lowest BCUT2D eigenvalue weighted by Gasteiger charge is -2.24. The Bertz CT molecular complexity index is 250. The summed E-state index contributed by atoms with van der Waals surface area (Å²) in [6.45, 7) is 0. The van der Waals surface area contributed by atoms with Crippen LogP contribution in [0.25, 0.3) is 0 Å². The second kappa shape index (κ2) is 2.16. The van der Waals surface area contributed by atoms with Crippen LogP contribution in [0.4, 0.5) is 0 Å². The van der Waals surface area contributed by atoms with E-state index in [9.17, 15) is 0 Å². The first-order valence-electron chi connectivity index (χ1n) is 3.83. The minimum Gasteiger partial charge on any atom is -0.399 e. The van der Waals surface area contributed by atoms with Gasteiger partial charge in [-0.25, -0.2) is 0 Å². The van der Waals surface area contributed by atoms with Gasteiger partial charge >= 0.3 is 0 Å². The van der Waals surface area contributed by atoms with Gasteiger partial charge in [0.15, 0.2) is 0 Å². The van der Waals surface area contributed by atoms with Crippen LogP contribution in [-0.4, -0.2) is 18.0 Å². The van der Waals surface area contributed by atoms with Crippen molar-refractivity contribution in [1.82, 2.24) is 4.90 Å². The molecule has 1 heterocycles. The predicted molar refractivity (Wildman–Crippen MR) is 45.6 cm³/mol. The molecule has 0 saturated carbocycles. The van der Waals surface area contributed by atoms with Gasteiger partial charge in [-0.1, -0.05) is 12.2 Å². The van der Waals surface area contributed by atoms with Crippen molar-refractivity contribution in [1.29, 1.82) is 0 Å². The van der Waals surface area contributed by atoms with Gasteiger partial charge in [-0.2, -0.15) is 0 Å². The molecule has 11 heavy (non-hydrogen) atoms. The number of hydrogen-bond acceptors (Lipinski definition) is 2. The summed E-state index contributed by atoms with van der Waals surface area (Å²) in [5.74, 6) is 0.535. The molecule has 0 fully saturated rings. The monoisotopic (exact) mass is 148 g/mol. The van der Waals surface area contributed by atoms with Crippen LogP contribution in [-0.2, 0) is 0 Å². The number of fused-ring (bicyclic) bond motifs is 1. The van der Waals surface area contributed by atoms with Gasteiger partial charge in [0, 0.05) is 18.7 Å². The fraction of sp³-hybridized carbons (Fsp3) is 0.333. The molecule has 0 saturated heterocycles. The van der Waals surface area contributed by atoms with Crippen LogP contribution < -0.4 is 5.73 Å². The van der Waals surface area contributed by atoms with E-state index in [-0.39, 0.29) is 0 Å². The smallest absolute Gasteiger partial charge is 0.0584 e. The third-order valence-corrected chi connectivity index (χ3v) is 2.28. The lowest BCUT2D eigenvalue weighted by atomic mass is 9.96. The van der Waals surface area contributed by atoms with E-state index in [0.717, 1.165) is 5.70 Å². The molecule has 1 aliphatic heterocycles. The number of allylic oxidation sites excluding steroid dienone is 1. The molecule has 2 N–H and O–H groups in total. The van der Waals surface area contributed by atoms with Crippen LogP contribution in [0, 0.1) is 5.92 Å². The molecule has 2 rings (SSSR count). The fourth-order valence-electron chi connectivity index (χ4n) is 1.60. The van der Waals surface area contributed by atoms with Crippen molar-refractivity contribution >= 4 is 0 Å². The van der Waals surface area contributed by atoms with Crippen molar-refractivity contribution in [2.75, 3.05) is 7.05 Å². The Morgan fingerprint density at radius 1 is 1.45 bits per heavy atom. The van der Waals surface area contributed by atoms with E-state index in [1.165, 1.54) is 0 Å². The van der Waals surface area contributed by atoms with Crippen LogP contribution in [0.1, 0.15) is 0 Å². The molecule has 2 atom stereocenters. The fourth-order valence-corrected chi connectivity index (χ4v) is 1.60. The van der Waals surface area contributed by atoms with Gasteiger partial charge < -0.3 is 10.6 Å². The molecule has 0 bridgehead atoms. The first-order chi connectivity index (χ1) is 5.27. The van der Waals surface area contributed by atoms with Crippen LogP contribution >= 0.6 is 0 Å². The van der Waals surface area contributed by atoms with Gasteiger partial charge in [-0.05, 0) is 18.4 Å². The number of rotatable bonds is 0. The summed E-state index contributed by atoms with van der Waals surface area (Å²) < 4.78 is 0. The van der Waals surface area contributed by atoms with Crippen LogP contribution in [0.2, 0.25) is 0 Å². The SMILES string of the molecule is CN1C=CC2C=CC(N)=CC21. The van der Waals surface area contributed by atoms with Crippen LogP contribution in [0.5, 0.6) is 0 Å². The quantitative estimate of drug-likeness (QED) is 0.551. The summed E-state index contributed by atoms with van der Waals surface area (Å²) in [7, 11) is 2.07. The average molecular weight is 148 g/mol. The molecule has 0 amide bonds. The van der Waals surface area contributed by atoms with Crippen molar-refractivity contribution in [3.63, 3.8) is 0 Å². The molecule has 0 spiro atoms. The zero-order chi connectivity index (χ0) is 7.84. The number of nitrogens with two attached hydrogens (primary N) is 1. The van der Waals surface area contributed by atoms with Gasteiger partial charge in [0.1, 0.15) is 0 Å². The summed E-state index contributed by atoms with van der Waals surface area (Å²) in [5.41, 5.74) is 6.55. The van der Waals surface area contributed by atoms with Gasteiger partial charge in [0.25, 0.3) is 0 Å². The molecular weight excluding hydrogens is 136 g/mol. The molecule has 0 aromatic heterocycles. The summed E-state index contributed by atoms with van der Waals surface area (Å²) in [6.07, 6.45) is 10.5. The van der Waals surface area contributed by atoms with Crippen molar-refractivity contribution in [3.8, 4) is 0 Å². The van der Waals surface area contributed by atoms with E-state index in [1.807, 2.05) is 6.08 Å².